The zero-order valence-electron chi connectivity index (χ0n) is 16.3. The Bertz CT molecular complexity index is 503. The van der Waals surface area contributed by atoms with Crippen LogP contribution in [0.25, 0.3) is 0 Å². The first kappa shape index (κ1) is 21.8. The van der Waals surface area contributed by atoms with E-state index in [4.69, 9.17) is 4.74 Å². The molecule has 0 spiro atoms. The average molecular weight is 371 g/mol. The van der Waals surface area contributed by atoms with E-state index in [1.807, 2.05) is 13.2 Å². The first-order valence-electron chi connectivity index (χ1n) is 9.10. The quantitative estimate of drug-likeness (QED) is 0.254. The Morgan fingerprint density at radius 1 is 1.24 bits per heavy atom. The molecule has 0 aromatic carbocycles. The zero-order valence-corrected chi connectivity index (χ0v) is 17.2. The van der Waals surface area contributed by atoms with Gasteiger partial charge in [-0.2, -0.15) is 0 Å². The lowest BCUT2D eigenvalue weighted by molar-refractivity contribution is 0.145. The first-order valence-corrected chi connectivity index (χ1v) is 10.3. The summed E-state index contributed by atoms with van der Waals surface area (Å²) in [7, 11) is 1.79. The summed E-state index contributed by atoms with van der Waals surface area (Å²) in [5.41, 5.74) is 0. The fourth-order valence-electron chi connectivity index (χ4n) is 2.40. The lowest BCUT2D eigenvalue weighted by Gasteiger charge is -2.13. The highest BCUT2D eigenvalue weighted by Gasteiger charge is 2.12. The molecule has 25 heavy (non-hydrogen) atoms. The average Bonchev–Trinajstić information content (AvgIpc) is 2.97. The van der Waals surface area contributed by atoms with Gasteiger partial charge in [0.25, 0.3) is 0 Å². The van der Waals surface area contributed by atoms with Gasteiger partial charge in [-0.3, -0.25) is 4.99 Å². The molecule has 0 aliphatic carbocycles. The van der Waals surface area contributed by atoms with Crippen LogP contribution in [0.4, 0.5) is 0 Å². The Morgan fingerprint density at radius 3 is 2.56 bits per heavy atom. The number of ether oxygens (including phenoxy) is 1. The van der Waals surface area contributed by atoms with Gasteiger partial charge in [0.15, 0.2) is 11.1 Å². The highest BCUT2D eigenvalue weighted by atomic mass is 32.2. The van der Waals surface area contributed by atoms with Gasteiger partial charge < -0.3 is 19.9 Å². The van der Waals surface area contributed by atoms with Crippen LogP contribution in [0.15, 0.2) is 10.1 Å². The molecule has 1 aromatic heterocycles. The van der Waals surface area contributed by atoms with E-state index in [2.05, 4.69) is 44.2 Å². The summed E-state index contributed by atoms with van der Waals surface area (Å²) in [5, 5.41) is 16.3. The van der Waals surface area contributed by atoms with Crippen molar-refractivity contribution in [3.63, 3.8) is 0 Å². The Morgan fingerprint density at radius 2 is 1.96 bits per heavy atom. The molecule has 0 saturated heterocycles. The smallest absolute Gasteiger partial charge is 0.190 e. The second kappa shape index (κ2) is 13.0. The number of aromatic nitrogens is 3. The fourth-order valence-corrected chi connectivity index (χ4v) is 2.93. The van der Waals surface area contributed by atoms with Crippen LogP contribution in [0.5, 0.6) is 0 Å². The summed E-state index contributed by atoms with van der Waals surface area (Å²) in [4.78, 5) is 4.24. The highest BCUT2D eigenvalue weighted by Crippen LogP contribution is 2.16. The predicted octanol–water partition coefficient (Wildman–Crippen LogP) is 2.18. The largest absolute Gasteiger partial charge is 0.382 e. The summed E-state index contributed by atoms with van der Waals surface area (Å²) >= 11 is 1.65. The molecule has 0 fully saturated rings. The SMILES string of the molecule is CCOCCCNC(=NC)NCCCc1nnc(SC)n1CC(C)C. The maximum Gasteiger partial charge on any atom is 0.190 e. The summed E-state index contributed by atoms with van der Waals surface area (Å²) < 4.78 is 7.58. The predicted molar refractivity (Wildman–Crippen MR) is 105 cm³/mol. The summed E-state index contributed by atoms with van der Waals surface area (Å²) in [6.45, 7) is 10.7. The van der Waals surface area contributed by atoms with Crippen molar-refractivity contribution in [2.45, 2.75) is 51.7 Å². The molecule has 0 amide bonds. The normalized spacial score (nSPS) is 12.0. The molecular formula is C17H34N6OS. The van der Waals surface area contributed by atoms with Gasteiger partial charge in [0, 0.05) is 46.3 Å². The molecule has 1 rings (SSSR count). The monoisotopic (exact) mass is 370 g/mol. The Kier molecular flexibility index (Phi) is 11.3. The van der Waals surface area contributed by atoms with Crippen LogP contribution in [0.1, 0.15) is 39.4 Å². The summed E-state index contributed by atoms with van der Waals surface area (Å²) in [6.07, 6.45) is 4.93. The molecule has 8 heteroatoms. The highest BCUT2D eigenvalue weighted by molar-refractivity contribution is 7.98. The van der Waals surface area contributed by atoms with Crippen molar-refractivity contribution in [1.82, 2.24) is 25.4 Å². The second-order valence-corrected chi connectivity index (χ2v) is 6.96. The lowest BCUT2D eigenvalue weighted by Crippen LogP contribution is -2.38. The van der Waals surface area contributed by atoms with Crippen LogP contribution in [0.2, 0.25) is 0 Å². The van der Waals surface area contributed by atoms with E-state index in [1.165, 1.54) is 0 Å². The van der Waals surface area contributed by atoms with E-state index in [0.717, 1.165) is 69.1 Å². The van der Waals surface area contributed by atoms with E-state index in [9.17, 15) is 0 Å². The maximum atomic E-state index is 5.33. The van der Waals surface area contributed by atoms with E-state index >= 15 is 0 Å². The van der Waals surface area contributed by atoms with E-state index in [-0.39, 0.29) is 0 Å². The minimum Gasteiger partial charge on any atom is -0.382 e. The van der Waals surface area contributed by atoms with Gasteiger partial charge in [0.05, 0.1) is 0 Å². The number of aliphatic imine (C=N–C) groups is 1. The number of hydrogen-bond acceptors (Lipinski definition) is 5. The van der Waals surface area contributed by atoms with Crippen molar-refractivity contribution < 1.29 is 4.74 Å². The number of nitrogens with one attached hydrogen (secondary N) is 2. The standard InChI is InChI=1S/C17H34N6OS/c1-6-24-12-8-11-20-16(18-4)19-10-7-9-15-21-22-17(25-5)23(15)13-14(2)3/h14H,6-13H2,1-5H3,(H2,18,19,20). The number of aryl methyl sites for hydroxylation is 1. The third-order valence-electron chi connectivity index (χ3n) is 3.58. The van der Waals surface area contributed by atoms with Gasteiger partial charge in [-0.25, -0.2) is 0 Å². The Balaban J connectivity index is 2.33. The van der Waals surface area contributed by atoms with Crippen molar-refractivity contribution in [2.24, 2.45) is 10.9 Å². The van der Waals surface area contributed by atoms with Gasteiger partial charge >= 0.3 is 0 Å². The topological polar surface area (TPSA) is 76.4 Å². The Labute approximate surface area is 156 Å². The van der Waals surface area contributed by atoms with Gasteiger partial charge in [-0.05, 0) is 31.9 Å². The number of rotatable bonds is 12. The molecular weight excluding hydrogens is 336 g/mol. The minimum absolute atomic E-state index is 0.582. The Hall–Kier alpha value is -1.28. The van der Waals surface area contributed by atoms with E-state index < -0.39 is 0 Å². The zero-order chi connectivity index (χ0) is 18.5. The van der Waals surface area contributed by atoms with E-state index in [1.54, 1.807) is 18.8 Å². The molecule has 0 bridgehead atoms. The van der Waals surface area contributed by atoms with Gasteiger partial charge in [-0.15, -0.1) is 10.2 Å². The number of hydrogen-bond donors (Lipinski definition) is 2. The number of guanidine groups is 1. The van der Waals surface area contributed by atoms with E-state index in [0.29, 0.717) is 5.92 Å². The summed E-state index contributed by atoms with van der Waals surface area (Å²) in [6, 6.07) is 0. The van der Waals surface area contributed by atoms with Crippen molar-refractivity contribution in [3.05, 3.63) is 5.82 Å². The van der Waals surface area contributed by atoms with Gasteiger partial charge in [0.1, 0.15) is 5.82 Å². The minimum atomic E-state index is 0.582. The van der Waals surface area contributed by atoms with Crippen LogP contribution in [0, 0.1) is 5.92 Å². The molecule has 1 aromatic rings. The molecule has 0 aliphatic heterocycles. The molecule has 0 atom stereocenters. The van der Waals surface area contributed by atoms with Gasteiger partial charge in [-0.1, -0.05) is 25.6 Å². The van der Waals surface area contributed by atoms with Crippen molar-refractivity contribution in [1.29, 1.82) is 0 Å². The van der Waals surface area contributed by atoms with Crippen LogP contribution in [-0.2, 0) is 17.7 Å². The fraction of sp³-hybridized carbons (Fsp3) is 0.824. The van der Waals surface area contributed by atoms with Crippen molar-refractivity contribution in [2.75, 3.05) is 39.6 Å². The van der Waals surface area contributed by atoms with Crippen LogP contribution >= 0.6 is 11.8 Å². The van der Waals surface area contributed by atoms with Crippen LogP contribution in [-0.4, -0.2) is 60.3 Å². The van der Waals surface area contributed by atoms with Crippen LogP contribution in [0.3, 0.4) is 0 Å². The second-order valence-electron chi connectivity index (χ2n) is 6.19. The molecule has 0 unspecified atom stereocenters. The lowest BCUT2D eigenvalue weighted by atomic mass is 10.2. The summed E-state index contributed by atoms with van der Waals surface area (Å²) in [5.74, 6) is 2.49. The molecule has 0 radical (unpaired) electrons. The molecule has 0 saturated carbocycles. The number of thioether (sulfide) groups is 1. The first-order chi connectivity index (χ1) is 12.1. The molecule has 1 heterocycles. The molecule has 0 aliphatic rings. The molecule has 2 N–H and O–H groups in total. The van der Waals surface area contributed by atoms with Crippen LogP contribution < -0.4 is 10.6 Å². The van der Waals surface area contributed by atoms with Crippen molar-refractivity contribution in [3.8, 4) is 0 Å². The maximum absolute atomic E-state index is 5.33. The third kappa shape index (κ3) is 8.58. The third-order valence-corrected chi connectivity index (χ3v) is 4.25. The van der Waals surface area contributed by atoms with Gasteiger partial charge in [0.2, 0.25) is 0 Å². The number of nitrogens with zero attached hydrogens (tertiary/aromatic N) is 4. The molecule has 7 nitrogen and oxygen atoms in total. The van der Waals surface area contributed by atoms with Crippen molar-refractivity contribution >= 4 is 17.7 Å². The molecule has 144 valence electrons.